The van der Waals surface area contributed by atoms with Crippen LogP contribution >= 0.6 is 23.2 Å². The molecule has 24 heavy (non-hydrogen) atoms. The summed E-state index contributed by atoms with van der Waals surface area (Å²) in [5.41, 5.74) is 4.39. The molecule has 0 aromatic heterocycles. The summed E-state index contributed by atoms with van der Waals surface area (Å²) >= 11 is 12.3. The Bertz CT molecular complexity index is 839. The van der Waals surface area contributed by atoms with Crippen molar-refractivity contribution in [1.82, 2.24) is 0 Å². The van der Waals surface area contributed by atoms with Gasteiger partial charge in [0.15, 0.2) is 0 Å². The van der Waals surface area contributed by atoms with Crippen molar-refractivity contribution >= 4 is 29.4 Å². The quantitative estimate of drug-likeness (QED) is 0.455. The molecule has 0 saturated carbocycles. The average Bonchev–Trinajstić information content (AvgIpc) is 2.63. The first-order valence-corrected chi connectivity index (χ1v) is 8.53. The van der Waals surface area contributed by atoms with Crippen LogP contribution in [0, 0.1) is 0 Å². The molecule has 0 N–H and O–H groups in total. The Morgan fingerprint density at radius 2 is 1.46 bits per heavy atom. The number of rotatable bonds is 4. The highest BCUT2D eigenvalue weighted by atomic mass is 35.5. The normalized spacial score (nSPS) is 12.5. The molecule has 0 heterocycles. The van der Waals surface area contributed by atoms with E-state index >= 15 is 0 Å². The van der Waals surface area contributed by atoms with E-state index < -0.39 is 0 Å². The SMILES string of the molecule is CC(/N=C\c1ccc(-c2ccccc2)cc1)c1cccc(Cl)c1Cl. The van der Waals surface area contributed by atoms with E-state index in [0.29, 0.717) is 10.0 Å². The topological polar surface area (TPSA) is 12.4 Å². The second-order valence-corrected chi connectivity index (χ2v) is 6.37. The lowest BCUT2D eigenvalue weighted by atomic mass is 10.0. The highest BCUT2D eigenvalue weighted by Crippen LogP contribution is 2.31. The standard InChI is InChI=1S/C21H17Cl2N/c1-15(19-8-5-9-20(22)21(19)23)24-14-16-10-12-18(13-11-16)17-6-3-2-4-7-17/h2-15H,1H3/b24-14-. The number of hydrogen-bond donors (Lipinski definition) is 0. The fourth-order valence-corrected chi connectivity index (χ4v) is 2.98. The van der Waals surface area contributed by atoms with Crippen LogP contribution in [0.1, 0.15) is 24.1 Å². The number of nitrogens with zero attached hydrogens (tertiary/aromatic N) is 1. The van der Waals surface area contributed by atoms with Crippen molar-refractivity contribution in [1.29, 1.82) is 0 Å². The molecule has 0 aliphatic rings. The lowest BCUT2D eigenvalue weighted by Crippen LogP contribution is -1.93. The summed E-state index contributed by atoms with van der Waals surface area (Å²) in [7, 11) is 0. The van der Waals surface area contributed by atoms with Gasteiger partial charge in [0.05, 0.1) is 16.1 Å². The van der Waals surface area contributed by atoms with Gasteiger partial charge in [-0.3, -0.25) is 4.99 Å². The van der Waals surface area contributed by atoms with Gasteiger partial charge in [-0.15, -0.1) is 0 Å². The van der Waals surface area contributed by atoms with E-state index in [9.17, 15) is 0 Å². The molecule has 3 heteroatoms. The van der Waals surface area contributed by atoms with Crippen LogP contribution in [0.25, 0.3) is 11.1 Å². The van der Waals surface area contributed by atoms with Crippen molar-refractivity contribution in [2.75, 3.05) is 0 Å². The molecular weight excluding hydrogens is 337 g/mol. The van der Waals surface area contributed by atoms with Gasteiger partial charge in [0.25, 0.3) is 0 Å². The summed E-state index contributed by atoms with van der Waals surface area (Å²) < 4.78 is 0. The third-order valence-corrected chi connectivity index (χ3v) is 4.73. The summed E-state index contributed by atoms with van der Waals surface area (Å²) in [4.78, 5) is 4.60. The van der Waals surface area contributed by atoms with Crippen LogP contribution in [0.2, 0.25) is 10.0 Å². The maximum Gasteiger partial charge on any atom is 0.0736 e. The fourth-order valence-electron chi connectivity index (χ4n) is 2.51. The fraction of sp³-hybridized carbons (Fsp3) is 0.0952. The zero-order valence-corrected chi connectivity index (χ0v) is 14.8. The Balaban J connectivity index is 1.76. The zero-order chi connectivity index (χ0) is 16.9. The molecule has 0 fully saturated rings. The van der Waals surface area contributed by atoms with Gasteiger partial charge in [0, 0.05) is 6.21 Å². The third-order valence-electron chi connectivity index (χ3n) is 3.90. The summed E-state index contributed by atoms with van der Waals surface area (Å²) in [6, 6.07) is 24.2. The van der Waals surface area contributed by atoms with Crippen LogP contribution in [-0.2, 0) is 0 Å². The van der Waals surface area contributed by atoms with Crippen LogP contribution in [0.15, 0.2) is 77.8 Å². The van der Waals surface area contributed by atoms with Gasteiger partial charge < -0.3 is 0 Å². The molecule has 3 aromatic carbocycles. The average molecular weight is 354 g/mol. The maximum atomic E-state index is 6.25. The minimum atomic E-state index is -0.0509. The molecule has 0 radical (unpaired) electrons. The molecule has 1 atom stereocenters. The van der Waals surface area contributed by atoms with Crippen molar-refractivity contribution in [2.24, 2.45) is 4.99 Å². The molecular formula is C21H17Cl2N. The lowest BCUT2D eigenvalue weighted by Gasteiger charge is -2.10. The summed E-state index contributed by atoms with van der Waals surface area (Å²) in [5.74, 6) is 0. The Kier molecular flexibility index (Phi) is 5.34. The highest BCUT2D eigenvalue weighted by molar-refractivity contribution is 6.42. The Labute approximate surface area is 152 Å². The molecule has 1 nitrogen and oxygen atoms in total. The monoisotopic (exact) mass is 353 g/mol. The van der Waals surface area contributed by atoms with E-state index in [0.717, 1.165) is 11.1 Å². The van der Waals surface area contributed by atoms with Gasteiger partial charge in [-0.1, -0.05) is 89.9 Å². The summed E-state index contributed by atoms with van der Waals surface area (Å²) in [6.45, 7) is 2.01. The predicted molar refractivity (Wildman–Crippen MR) is 104 cm³/mol. The highest BCUT2D eigenvalue weighted by Gasteiger charge is 2.10. The molecule has 0 spiro atoms. The molecule has 1 unspecified atom stereocenters. The van der Waals surface area contributed by atoms with Crippen LogP contribution in [0.3, 0.4) is 0 Å². The lowest BCUT2D eigenvalue weighted by molar-refractivity contribution is 0.825. The number of aliphatic imine (C=N–C) groups is 1. The van der Waals surface area contributed by atoms with Gasteiger partial charge >= 0.3 is 0 Å². The molecule has 0 aliphatic carbocycles. The van der Waals surface area contributed by atoms with Gasteiger partial charge in [-0.25, -0.2) is 0 Å². The van der Waals surface area contributed by atoms with Gasteiger partial charge in [0.1, 0.15) is 0 Å². The molecule has 3 aromatic rings. The van der Waals surface area contributed by atoms with E-state index in [4.69, 9.17) is 23.2 Å². The van der Waals surface area contributed by atoms with Crippen molar-refractivity contribution in [3.8, 4) is 11.1 Å². The number of hydrogen-bond acceptors (Lipinski definition) is 1. The van der Waals surface area contributed by atoms with Gasteiger partial charge in [0.2, 0.25) is 0 Å². The van der Waals surface area contributed by atoms with Gasteiger partial charge in [-0.2, -0.15) is 0 Å². The maximum absolute atomic E-state index is 6.25. The Morgan fingerprint density at radius 3 is 2.17 bits per heavy atom. The third kappa shape index (κ3) is 3.87. The Hall–Kier alpha value is -2.09. The van der Waals surface area contributed by atoms with E-state index in [1.165, 1.54) is 11.1 Å². The van der Waals surface area contributed by atoms with Crippen LogP contribution in [-0.4, -0.2) is 6.21 Å². The second kappa shape index (κ2) is 7.65. The first kappa shape index (κ1) is 16.8. The number of benzene rings is 3. The summed E-state index contributed by atoms with van der Waals surface area (Å²) in [6.07, 6.45) is 1.87. The minimum absolute atomic E-state index is 0.0509. The van der Waals surface area contributed by atoms with E-state index in [2.05, 4.69) is 41.4 Å². The van der Waals surface area contributed by atoms with Gasteiger partial charge in [-0.05, 0) is 35.2 Å². The van der Waals surface area contributed by atoms with Crippen LogP contribution < -0.4 is 0 Å². The van der Waals surface area contributed by atoms with Crippen LogP contribution in [0.4, 0.5) is 0 Å². The minimum Gasteiger partial charge on any atom is -0.285 e. The van der Waals surface area contributed by atoms with Crippen molar-refractivity contribution in [3.63, 3.8) is 0 Å². The molecule has 0 saturated heterocycles. The van der Waals surface area contributed by atoms with E-state index in [1.54, 1.807) is 6.07 Å². The van der Waals surface area contributed by atoms with Crippen LogP contribution in [0.5, 0.6) is 0 Å². The first-order valence-electron chi connectivity index (χ1n) is 7.78. The largest absolute Gasteiger partial charge is 0.285 e. The van der Waals surface area contributed by atoms with E-state index in [-0.39, 0.29) is 6.04 Å². The molecule has 0 amide bonds. The van der Waals surface area contributed by atoms with E-state index in [1.807, 2.05) is 43.5 Å². The molecule has 120 valence electrons. The molecule has 0 bridgehead atoms. The smallest absolute Gasteiger partial charge is 0.0736 e. The molecule has 3 rings (SSSR count). The number of halogens is 2. The predicted octanol–water partition coefficient (Wildman–Crippen LogP) is 6.84. The summed E-state index contributed by atoms with van der Waals surface area (Å²) in [5, 5.41) is 1.13. The van der Waals surface area contributed by atoms with Crippen molar-refractivity contribution in [2.45, 2.75) is 13.0 Å². The van der Waals surface area contributed by atoms with Crippen molar-refractivity contribution in [3.05, 3.63) is 94.0 Å². The Morgan fingerprint density at radius 1 is 0.792 bits per heavy atom. The zero-order valence-electron chi connectivity index (χ0n) is 13.3. The first-order chi connectivity index (χ1) is 11.6. The van der Waals surface area contributed by atoms with Crippen molar-refractivity contribution < 1.29 is 0 Å². The molecule has 0 aliphatic heterocycles. The second-order valence-electron chi connectivity index (χ2n) is 5.59.